The number of likely N-dealkylation sites (tertiary alicyclic amines) is 1. The molecule has 0 amide bonds. The number of fused-ring (bicyclic) bond motifs is 1. The molecule has 0 spiro atoms. The second-order valence-corrected chi connectivity index (χ2v) is 8.63. The van der Waals surface area contributed by atoms with Crippen LogP contribution in [0.15, 0.2) is 41.0 Å². The number of hydrogen-bond donors (Lipinski definition) is 0. The first-order valence-electron chi connectivity index (χ1n) is 9.94. The molecule has 0 unspecified atom stereocenters. The fourth-order valence-corrected chi connectivity index (χ4v) is 4.58. The summed E-state index contributed by atoms with van der Waals surface area (Å²) in [6, 6.07) is 12.0. The predicted octanol–water partition coefficient (Wildman–Crippen LogP) is 5.03. The van der Waals surface area contributed by atoms with Crippen molar-refractivity contribution in [2.24, 2.45) is 0 Å². The van der Waals surface area contributed by atoms with Gasteiger partial charge in [0, 0.05) is 28.1 Å². The lowest BCUT2D eigenvalue weighted by Crippen LogP contribution is -2.40. The summed E-state index contributed by atoms with van der Waals surface area (Å²) in [5, 5.41) is 9.09. The van der Waals surface area contributed by atoms with E-state index in [2.05, 4.69) is 43.4 Å². The third-order valence-electron chi connectivity index (χ3n) is 5.83. The number of ketones is 1. The number of halogens is 1. The maximum Gasteiger partial charge on any atom is 0.180 e. The van der Waals surface area contributed by atoms with E-state index in [0.717, 1.165) is 46.3 Å². The Balaban J connectivity index is 1.81. The van der Waals surface area contributed by atoms with Gasteiger partial charge in [0.25, 0.3) is 0 Å². The zero-order valence-electron chi connectivity index (χ0n) is 16.7. The summed E-state index contributed by atoms with van der Waals surface area (Å²) in [6.45, 7) is 5.57. The molecular weight excluding hydrogens is 428 g/mol. The van der Waals surface area contributed by atoms with Crippen molar-refractivity contribution in [3.63, 3.8) is 0 Å². The SMILES string of the molecule is Cc1c(C(=O)CN2CCCC[C@@H]2C)c2ncc(Br)cc2n1-c1ccc(C#N)cc1. The zero-order chi connectivity index (χ0) is 20.5. The number of piperidine rings is 1. The number of aromatic nitrogens is 2. The van der Waals surface area contributed by atoms with Gasteiger partial charge in [-0.2, -0.15) is 5.26 Å². The number of carbonyl (C=O) groups is 1. The van der Waals surface area contributed by atoms with Crippen LogP contribution >= 0.6 is 15.9 Å². The summed E-state index contributed by atoms with van der Waals surface area (Å²) >= 11 is 3.51. The highest BCUT2D eigenvalue weighted by atomic mass is 79.9. The van der Waals surface area contributed by atoms with Crippen LogP contribution in [0.3, 0.4) is 0 Å². The van der Waals surface area contributed by atoms with E-state index in [0.29, 0.717) is 23.7 Å². The number of benzene rings is 1. The molecule has 3 aromatic rings. The van der Waals surface area contributed by atoms with Crippen molar-refractivity contribution < 1.29 is 4.79 Å². The molecule has 1 aliphatic rings. The molecule has 29 heavy (non-hydrogen) atoms. The minimum Gasteiger partial charge on any atom is -0.311 e. The van der Waals surface area contributed by atoms with Gasteiger partial charge >= 0.3 is 0 Å². The number of rotatable bonds is 4. The maximum atomic E-state index is 13.4. The predicted molar refractivity (Wildman–Crippen MR) is 117 cm³/mol. The van der Waals surface area contributed by atoms with E-state index in [1.54, 1.807) is 18.3 Å². The first kappa shape index (κ1) is 19.8. The maximum absolute atomic E-state index is 13.4. The number of nitriles is 1. The average molecular weight is 451 g/mol. The third-order valence-corrected chi connectivity index (χ3v) is 6.26. The van der Waals surface area contributed by atoms with Crippen molar-refractivity contribution >= 4 is 32.7 Å². The van der Waals surface area contributed by atoms with Crippen molar-refractivity contribution in [2.45, 2.75) is 39.2 Å². The zero-order valence-corrected chi connectivity index (χ0v) is 18.2. The van der Waals surface area contributed by atoms with Crippen LogP contribution in [0.2, 0.25) is 0 Å². The largest absolute Gasteiger partial charge is 0.311 e. The highest BCUT2D eigenvalue weighted by Gasteiger charge is 2.26. The standard InChI is InChI=1S/C23H23BrN4O/c1-15-5-3-4-10-27(15)14-21(29)22-16(2)28(19-8-6-17(12-25)7-9-19)20-11-18(24)13-26-23(20)22/h6-9,11,13,15H,3-5,10,14H2,1-2H3/t15-/m0/s1. The molecule has 0 N–H and O–H groups in total. The van der Waals surface area contributed by atoms with E-state index in [1.807, 2.05) is 25.1 Å². The van der Waals surface area contributed by atoms with E-state index in [4.69, 9.17) is 5.26 Å². The first-order chi connectivity index (χ1) is 14.0. The van der Waals surface area contributed by atoms with Gasteiger partial charge in [0.1, 0.15) is 0 Å². The van der Waals surface area contributed by atoms with E-state index >= 15 is 0 Å². The van der Waals surface area contributed by atoms with E-state index < -0.39 is 0 Å². The van der Waals surface area contributed by atoms with Crippen LogP contribution in [0, 0.1) is 18.3 Å². The van der Waals surface area contributed by atoms with Gasteiger partial charge in [-0.25, -0.2) is 0 Å². The monoisotopic (exact) mass is 450 g/mol. The van der Waals surface area contributed by atoms with Crippen molar-refractivity contribution in [2.75, 3.05) is 13.1 Å². The minimum atomic E-state index is 0.114. The number of nitrogens with zero attached hydrogens (tertiary/aromatic N) is 4. The second-order valence-electron chi connectivity index (χ2n) is 7.71. The third kappa shape index (κ3) is 3.73. The van der Waals surface area contributed by atoms with Crippen molar-refractivity contribution in [1.82, 2.24) is 14.5 Å². The lowest BCUT2D eigenvalue weighted by Gasteiger charge is -2.32. The van der Waals surface area contributed by atoms with Crippen LogP contribution in [-0.2, 0) is 0 Å². The Kier molecular flexibility index (Phi) is 5.53. The van der Waals surface area contributed by atoms with Crippen molar-refractivity contribution in [3.05, 3.63) is 57.8 Å². The van der Waals surface area contributed by atoms with E-state index in [1.165, 1.54) is 6.42 Å². The molecule has 4 rings (SSSR count). The van der Waals surface area contributed by atoms with E-state index in [-0.39, 0.29) is 5.78 Å². The Morgan fingerprint density at radius 3 is 2.76 bits per heavy atom. The van der Waals surface area contributed by atoms with Crippen LogP contribution in [-0.4, -0.2) is 39.4 Å². The number of Topliss-reactive ketones (excluding diaryl/α,β-unsaturated/α-hetero) is 1. The fraction of sp³-hybridized carbons (Fsp3) is 0.348. The highest BCUT2D eigenvalue weighted by molar-refractivity contribution is 9.10. The molecule has 6 heteroatoms. The number of carbonyl (C=O) groups excluding carboxylic acids is 1. The van der Waals surface area contributed by atoms with Crippen LogP contribution in [0.25, 0.3) is 16.7 Å². The minimum absolute atomic E-state index is 0.114. The highest BCUT2D eigenvalue weighted by Crippen LogP contribution is 2.31. The molecule has 0 bridgehead atoms. The first-order valence-corrected chi connectivity index (χ1v) is 10.7. The van der Waals surface area contributed by atoms with Crippen LogP contribution in [0.5, 0.6) is 0 Å². The summed E-state index contributed by atoms with van der Waals surface area (Å²) in [6.07, 6.45) is 5.27. The quantitative estimate of drug-likeness (QED) is 0.523. The fourth-order valence-electron chi connectivity index (χ4n) is 4.26. The molecule has 5 nitrogen and oxygen atoms in total. The normalized spacial score (nSPS) is 17.4. The second kappa shape index (κ2) is 8.10. The Morgan fingerprint density at radius 1 is 1.31 bits per heavy atom. The average Bonchev–Trinajstić information content (AvgIpc) is 3.01. The van der Waals surface area contributed by atoms with Gasteiger partial charge in [-0.3, -0.25) is 14.7 Å². The molecule has 148 valence electrons. The molecule has 1 fully saturated rings. The molecule has 1 saturated heterocycles. The Morgan fingerprint density at radius 2 is 2.07 bits per heavy atom. The molecule has 0 saturated carbocycles. The van der Waals surface area contributed by atoms with Crippen LogP contribution < -0.4 is 0 Å². The van der Waals surface area contributed by atoms with Crippen LogP contribution in [0.1, 0.15) is 47.8 Å². The van der Waals surface area contributed by atoms with Crippen molar-refractivity contribution in [3.8, 4) is 11.8 Å². The Hall–Kier alpha value is -2.49. The summed E-state index contributed by atoms with van der Waals surface area (Å²) in [5.41, 5.74) is 4.70. The van der Waals surface area contributed by atoms with Gasteiger partial charge in [0.15, 0.2) is 5.78 Å². The Bertz CT molecular complexity index is 1110. The molecule has 0 radical (unpaired) electrons. The van der Waals surface area contributed by atoms with Crippen molar-refractivity contribution in [1.29, 1.82) is 5.26 Å². The van der Waals surface area contributed by atoms with Gasteiger partial charge in [-0.15, -0.1) is 0 Å². The Labute approximate surface area is 179 Å². The van der Waals surface area contributed by atoms with Crippen LogP contribution in [0.4, 0.5) is 0 Å². The topological polar surface area (TPSA) is 61.9 Å². The number of pyridine rings is 1. The molecular formula is C23H23BrN4O. The van der Waals surface area contributed by atoms with Gasteiger partial charge in [0.05, 0.1) is 34.8 Å². The summed E-state index contributed by atoms with van der Waals surface area (Å²) in [5.74, 6) is 0.114. The smallest absolute Gasteiger partial charge is 0.180 e. The van der Waals surface area contributed by atoms with Gasteiger partial charge in [-0.1, -0.05) is 6.42 Å². The molecule has 1 aromatic carbocycles. The molecule has 0 aliphatic carbocycles. The van der Waals surface area contributed by atoms with Gasteiger partial charge in [0.2, 0.25) is 0 Å². The molecule has 3 heterocycles. The van der Waals surface area contributed by atoms with Gasteiger partial charge in [-0.05, 0) is 79.5 Å². The lowest BCUT2D eigenvalue weighted by atomic mass is 10.0. The van der Waals surface area contributed by atoms with Gasteiger partial charge < -0.3 is 4.57 Å². The number of hydrogen-bond acceptors (Lipinski definition) is 4. The van der Waals surface area contributed by atoms with E-state index in [9.17, 15) is 4.79 Å². The summed E-state index contributed by atoms with van der Waals surface area (Å²) < 4.78 is 2.92. The molecule has 2 aromatic heterocycles. The lowest BCUT2D eigenvalue weighted by molar-refractivity contribution is 0.0861. The summed E-state index contributed by atoms with van der Waals surface area (Å²) in [7, 11) is 0. The molecule has 1 aliphatic heterocycles. The molecule has 1 atom stereocenters. The summed E-state index contributed by atoms with van der Waals surface area (Å²) in [4.78, 5) is 20.3.